The monoisotopic (exact) mass is 428 g/mol. The van der Waals surface area contributed by atoms with Gasteiger partial charge in [-0.3, -0.25) is 4.79 Å². The molecule has 1 N–H and O–H groups in total. The summed E-state index contributed by atoms with van der Waals surface area (Å²) in [4.78, 5) is 13.0. The first-order valence-electron chi connectivity index (χ1n) is 10.5. The lowest BCUT2D eigenvalue weighted by molar-refractivity contribution is 0.0487. The number of ether oxygens (including phenoxy) is 1. The van der Waals surface area contributed by atoms with Gasteiger partial charge in [-0.25, -0.2) is 8.42 Å². The van der Waals surface area contributed by atoms with Crippen LogP contribution in [0.4, 0.5) is 0 Å². The molecular formula is C23H28N2O4S. The van der Waals surface area contributed by atoms with Crippen LogP contribution >= 0.6 is 0 Å². The molecule has 0 saturated carbocycles. The Morgan fingerprint density at radius 2 is 1.60 bits per heavy atom. The molecule has 2 heterocycles. The first-order valence-corrected chi connectivity index (χ1v) is 12.0. The van der Waals surface area contributed by atoms with E-state index in [1.165, 1.54) is 22.0 Å². The molecule has 0 aromatic heterocycles. The van der Waals surface area contributed by atoms with Gasteiger partial charge in [0.2, 0.25) is 10.0 Å². The summed E-state index contributed by atoms with van der Waals surface area (Å²) in [6.07, 6.45) is 3.50. The maximum absolute atomic E-state index is 12.8. The third-order valence-electron chi connectivity index (χ3n) is 6.24. The van der Waals surface area contributed by atoms with Crippen LogP contribution < -0.4 is 5.32 Å². The molecule has 1 amide bonds. The van der Waals surface area contributed by atoms with Crippen LogP contribution in [0, 0.1) is 0 Å². The molecule has 7 heteroatoms. The maximum Gasteiger partial charge on any atom is 0.251 e. The highest BCUT2D eigenvalue weighted by molar-refractivity contribution is 7.89. The number of carbonyl (C=O) groups excluding carboxylic acids is 1. The van der Waals surface area contributed by atoms with Crippen LogP contribution in [0.25, 0.3) is 0 Å². The Labute approximate surface area is 178 Å². The zero-order valence-electron chi connectivity index (χ0n) is 17.0. The molecule has 6 nitrogen and oxygen atoms in total. The summed E-state index contributed by atoms with van der Waals surface area (Å²) >= 11 is 0. The summed E-state index contributed by atoms with van der Waals surface area (Å²) in [6, 6.07) is 16.5. The molecule has 0 aliphatic carbocycles. The minimum absolute atomic E-state index is 0.145. The molecule has 0 radical (unpaired) electrons. The van der Waals surface area contributed by atoms with E-state index >= 15 is 0 Å². The van der Waals surface area contributed by atoms with Crippen molar-refractivity contribution in [2.24, 2.45) is 0 Å². The topological polar surface area (TPSA) is 75.7 Å². The van der Waals surface area contributed by atoms with Crippen LogP contribution in [0.1, 0.15) is 41.6 Å². The van der Waals surface area contributed by atoms with E-state index in [1.807, 2.05) is 18.2 Å². The van der Waals surface area contributed by atoms with E-state index in [4.69, 9.17) is 4.74 Å². The predicted molar refractivity (Wildman–Crippen MR) is 115 cm³/mol. The van der Waals surface area contributed by atoms with E-state index in [0.717, 1.165) is 25.7 Å². The number of carbonyl (C=O) groups is 1. The molecule has 0 unspecified atom stereocenters. The fourth-order valence-electron chi connectivity index (χ4n) is 4.33. The number of benzene rings is 2. The van der Waals surface area contributed by atoms with Crippen molar-refractivity contribution in [3.05, 3.63) is 65.7 Å². The number of amides is 1. The first kappa shape index (κ1) is 21.0. The molecule has 0 atom stereocenters. The molecule has 2 fully saturated rings. The number of nitrogens with one attached hydrogen (secondary N) is 1. The minimum Gasteiger partial charge on any atom is -0.381 e. The maximum atomic E-state index is 12.8. The van der Waals surface area contributed by atoms with Crippen LogP contribution in [0.5, 0.6) is 0 Å². The van der Waals surface area contributed by atoms with E-state index in [9.17, 15) is 13.2 Å². The van der Waals surface area contributed by atoms with Gasteiger partial charge in [-0.05, 0) is 55.5 Å². The summed E-state index contributed by atoms with van der Waals surface area (Å²) < 4.78 is 32.4. The Bertz CT molecular complexity index is 962. The van der Waals surface area contributed by atoms with Crippen molar-refractivity contribution in [2.45, 2.75) is 36.0 Å². The second-order valence-electron chi connectivity index (χ2n) is 8.08. The third-order valence-corrected chi connectivity index (χ3v) is 8.16. The molecule has 160 valence electrons. The molecule has 30 heavy (non-hydrogen) atoms. The number of hydrogen-bond donors (Lipinski definition) is 1. The van der Waals surface area contributed by atoms with Crippen LogP contribution in [0.15, 0.2) is 59.5 Å². The summed E-state index contributed by atoms with van der Waals surface area (Å²) in [6.45, 7) is 3.00. The molecular weight excluding hydrogens is 400 g/mol. The van der Waals surface area contributed by atoms with Gasteiger partial charge in [-0.1, -0.05) is 30.3 Å². The molecule has 2 aromatic rings. The average Bonchev–Trinajstić information content (AvgIpc) is 3.35. The summed E-state index contributed by atoms with van der Waals surface area (Å²) in [5, 5.41) is 3.07. The molecule has 2 aliphatic rings. The standard InChI is InChI=1S/C23H28N2O4S/c26-22(19-8-10-21(11-9-19)30(27,28)25-14-4-5-15-25)24-18-23(12-16-29-17-13-23)20-6-2-1-3-7-20/h1-3,6-11H,4-5,12-18H2,(H,24,26). The first-order chi connectivity index (χ1) is 14.5. The second kappa shape index (κ2) is 8.88. The highest BCUT2D eigenvalue weighted by atomic mass is 32.2. The summed E-state index contributed by atoms with van der Waals surface area (Å²) in [7, 11) is -3.47. The van der Waals surface area contributed by atoms with Crippen molar-refractivity contribution in [1.29, 1.82) is 0 Å². The second-order valence-corrected chi connectivity index (χ2v) is 10.0. The fourth-order valence-corrected chi connectivity index (χ4v) is 5.85. The largest absolute Gasteiger partial charge is 0.381 e. The van der Waals surface area contributed by atoms with E-state index < -0.39 is 10.0 Å². The highest BCUT2D eigenvalue weighted by Crippen LogP contribution is 2.34. The number of hydrogen-bond acceptors (Lipinski definition) is 4. The van der Waals surface area contributed by atoms with Crippen LogP contribution in [0.2, 0.25) is 0 Å². The zero-order valence-corrected chi connectivity index (χ0v) is 17.9. The molecule has 0 bridgehead atoms. The van der Waals surface area contributed by atoms with Crippen LogP contribution in [-0.2, 0) is 20.2 Å². The Morgan fingerprint density at radius 3 is 2.23 bits per heavy atom. The predicted octanol–water partition coefficient (Wildman–Crippen LogP) is 2.95. The smallest absolute Gasteiger partial charge is 0.251 e. The lowest BCUT2D eigenvalue weighted by Gasteiger charge is -2.38. The van der Waals surface area contributed by atoms with E-state index in [2.05, 4.69) is 17.4 Å². The van der Waals surface area contributed by atoms with Crippen LogP contribution in [-0.4, -0.2) is 51.5 Å². The van der Waals surface area contributed by atoms with E-state index in [0.29, 0.717) is 38.4 Å². The van der Waals surface area contributed by atoms with Crippen molar-refractivity contribution in [3.8, 4) is 0 Å². The molecule has 2 saturated heterocycles. The van der Waals surface area contributed by atoms with Crippen molar-refractivity contribution < 1.29 is 17.9 Å². The molecule has 4 rings (SSSR count). The SMILES string of the molecule is O=C(NCC1(c2ccccc2)CCOCC1)c1ccc(S(=O)(=O)N2CCCC2)cc1. The number of sulfonamides is 1. The minimum atomic E-state index is -3.47. The van der Waals surface area contributed by atoms with E-state index in [-0.39, 0.29) is 16.2 Å². The number of rotatable bonds is 6. The highest BCUT2D eigenvalue weighted by Gasteiger charge is 2.35. The lowest BCUT2D eigenvalue weighted by atomic mass is 9.74. The van der Waals surface area contributed by atoms with Gasteiger partial charge in [0, 0.05) is 43.8 Å². The number of nitrogens with zero attached hydrogens (tertiary/aromatic N) is 1. The van der Waals surface area contributed by atoms with Gasteiger partial charge in [-0.15, -0.1) is 0 Å². The molecule has 2 aliphatic heterocycles. The summed E-state index contributed by atoms with van der Waals surface area (Å²) in [5.41, 5.74) is 1.53. The molecule has 2 aromatic carbocycles. The quantitative estimate of drug-likeness (QED) is 0.768. The van der Waals surface area contributed by atoms with Crippen molar-refractivity contribution >= 4 is 15.9 Å². The van der Waals surface area contributed by atoms with Gasteiger partial charge in [0.1, 0.15) is 0 Å². The van der Waals surface area contributed by atoms with Gasteiger partial charge in [0.05, 0.1) is 4.90 Å². The Morgan fingerprint density at radius 1 is 0.967 bits per heavy atom. The average molecular weight is 429 g/mol. The Balaban J connectivity index is 1.45. The van der Waals surface area contributed by atoms with Gasteiger partial charge < -0.3 is 10.1 Å². The zero-order chi connectivity index (χ0) is 21.0. The van der Waals surface area contributed by atoms with Crippen LogP contribution in [0.3, 0.4) is 0 Å². The normalized spacial score (nSPS) is 19.5. The van der Waals surface area contributed by atoms with Crippen molar-refractivity contribution in [3.63, 3.8) is 0 Å². The third kappa shape index (κ3) is 4.29. The van der Waals surface area contributed by atoms with Gasteiger partial charge in [-0.2, -0.15) is 4.31 Å². The van der Waals surface area contributed by atoms with Gasteiger partial charge in [0.15, 0.2) is 0 Å². The fraction of sp³-hybridized carbons (Fsp3) is 0.435. The molecule has 0 spiro atoms. The van der Waals surface area contributed by atoms with Crippen molar-refractivity contribution in [2.75, 3.05) is 32.8 Å². The van der Waals surface area contributed by atoms with Crippen molar-refractivity contribution in [1.82, 2.24) is 9.62 Å². The van der Waals surface area contributed by atoms with Gasteiger partial charge in [0.25, 0.3) is 5.91 Å². The Hall–Kier alpha value is -2.22. The van der Waals surface area contributed by atoms with E-state index in [1.54, 1.807) is 12.1 Å². The lowest BCUT2D eigenvalue weighted by Crippen LogP contribution is -2.44. The van der Waals surface area contributed by atoms with Gasteiger partial charge >= 0.3 is 0 Å². The Kier molecular flexibility index (Phi) is 6.22. The summed E-state index contributed by atoms with van der Waals surface area (Å²) in [5.74, 6) is -0.193.